The normalized spacial score (nSPS) is 10.1. The Labute approximate surface area is 124 Å². The third-order valence-electron chi connectivity index (χ3n) is 2.46. The van der Waals surface area contributed by atoms with Crippen LogP contribution in [0.4, 0.5) is 11.5 Å². The first-order chi connectivity index (χ1) is 9.66. The van der Waals surface area contributed by atoms with Crippen LogP contribution in [0.15, 0.2) is 47.1 Å². The number of rotatable bonds is 6. The molecule has 0 spiro atoms. The van der Waals surface area contributed by atoms with E-state index in [1.807, 2.05) is 24.3 Å². The fourth-order valence-electron chi connectivity index (χ4n) is 1.55. The summed E-state index contributed by atoms with van der Waals surface area (Å²) in [4.78, 5) is 14.3. The molecule has 0 saturated carbocycles. The van der Waals surface area contributed by atoms with Gasteiger partial charge in [0.1, 0.15) is 12.4 Å². The van der Waals surface area contributed by atoms with Gasteiger partial charge >= 0.3 is 5.69 Å². The minimum absolute atomic E-state index is 0.0452. The monoisotopic (exact) mass is 337 g/mol. The third-order valence-corrected chi connectivity index (χ3v) is 2.99. The standard InChI is InChI=1S/C13H12BrN3O3/c14-10-3-5-11(6-4-10)20-9-8-16-13-12(17(18)19)2-1-7-15-13/h1-7H,8-9H2,(H,15,16). The van der Waals surface area contributed by atoms with E-state index in [0.717, 1.165) is 10.2 Å². The van der Waals surface area contributed by atoms with E-state index in [2.05, 4.69) is 26.2 Å². The fraction of sp³-hybridized carbons (Fsp3) is 0.154. The average molecular weight is 338 g/mol. The molecule has 104 valence electrons. The second-order valence-electron chi connectivity index (χ2n) is 3.86. The van der Waals surface area contributed by atoms with Crippen LogP contribution < -0.4 is 10.1 Å². The molecule has 20 heavy (non-hydrogen) atoms. The van der Waals surface area contributed by atoms with Gasteiger partial charge in [0, 0.05) is 16.7 Å². The van der Waals surface area contributed by atoms with Crippen LogP contribution in [0.3, 0.4) is 0 Å². The van der Waals surface area contributed by atoms with Crippen LogP contribution in [-0.2, 0) is 0 Å². The summed E-state index contributed by atoms with van der Waals surface area (Å²) in [6.45, 7) is 0.809. The molecule has 0 aliphatic heterocycles. The van der Waals surface area contributed by atoms with Crippen LogP contribution in [-0.4, -0.2) is 23.1 Å². The number of anilines is 1. The maximum Gasteiger partial charge on any atom is 0.311 e. The van der Waals surface area contributed by atoms with Crippen molar-refractivity contribution in [1.29, 1.82) is 0 Å². The Morgan fingerprint density at radius 1 is 1.30 bits per heavy atom. The first-order valence-electron chi connectivity index (χ1n) is 5.88. The van der Waals surface area contributed by atoms with Gasteiger partial charge < -0.3 is 10.1 Å². The van der Waals surface area contributed by atoms with Crippen LogP contribution in [0, 0.1) is 10.1 Å². The Balaban J connectivity index is 1.84. The van der Waals surface area contributed by atoms with Crippen molar-refractivity contribution in [2.75, 3.05) is 18.5 Å². The number of aromatic nitrogens is 1. The van der Waals surface area contributed by atoms with Crippen LogP contribution in [0.2, 0.25) is 0 Å². The first kappa shape index (κ1) is 14.3. The zero-order chi connectivity index (χ0) is 14.4. The summed E-state index contributed by atoms with van der Waals surface area (Å²) in [5, 5.41) is 13.7. The Kier molecular flexibility index (Phi) is 4.89. The van der Waals surface area contributed by atoms with Gasteiger partial charge in [-0.25, -0.2) is 4.98 Å². The second kappa shape index (κ2) is 6.85. The summed E-state index contributed by atoms with van der Waals surface area (Å²) in [7, 11) is 0. The summed E-state index contributed by atoms with van der Waals surface area (Å²) in [5.41, 5.74) is -0.0452. The van der Waals surface area contributed by atoms with E-state index in [-0.39, 0.29) is 11.5 Å². The van der Waals surface area contributed by atoms with E-state index in [4.69, 9.17) is 4.74 Å². The number of hydrogen-bond acceptors (Lipinski definition) is 5. The van der Waals surface area contributed by atoms with Gasteiger partial charge in [0.05, 0.1) is 11.5 Å². The number of halogens is 1. The highest BCUT2D eigenvalue weighted by Gasteiger charge is 2.12. The highest BCUT2D eigenvalue weighted by molar-refractivity contribution is 9.10. The highest BCUT2D eigenvalue weighted by atomic mass is 79.9. The maximum atomic E-state index is 10.8. The summed E-state index contributed by atoms with van der Waals surface area (Å²) < 4.78 is 6.48. The number of ether oxygens (including phenoxy) is 1. The van der Waals surface area contributed by atoms with E-state index in [0.29, 0.717) is 13.2 Å². The molecule has 1 aromatic carbocycles. The molecule has 7 heteroatoms. The van der Waals surface area contributed by atoms with E-state index in [1.54, 1.807) is 0 Å². The van der Waals surface area contributed by atoms with Gasteiger partial charge in [0.25, 0.3) is 0 Å². The molecule has 1 N–H and O–H groups in total. The minimum Gasteiger partial charge on any atom is -0.492 e. The van der Waals surface area contributed by atoms with Gasteiger partial charge in [-0.3, -0.25) is 10.1 Å². The predicted molar refractivity (Wildman–Crippen MR) is 79.0 cm³/mol. The topological polar surface area (TPSA) is 77.3 Å². The van der Waals surface area contributed by atoms with Crippen LogP contribution >= 0.6 is 15.9 Å². The van der Waals surface area contributed by atoms with Crippen molar-refractivity contribution in [3.05, 3.63) is 57.2 Å². The molecule has 0 bridgehead atoms. The summed E-state index contributed by atoms with van der Waals surface area (Å²) in [6, 6.07) is 10.4. The molecule has 1 heterocycles. The van der Waals surface area contributed by atoms with Gasteiger partial charge in [-0.1, -0.05) is 15.9 Å². The molecule has 0 fully saturated rings. The molecule has 0 radical (unpaired) electrons. The number of hydrogen-bond donors (Lipinski definition) is 1. The van der Waals surface area contributed by atoms with Crippen molar-refractivity contribution in [2.24, 2.45) is 0 Å². The Hall–Kier alpha value is -2.15. The van der Waals surface area contributed by atoms with Crippen molar-refractivity contribution in [2.45, 2.75) is 0 Å². The minimum atomic E-state index is -0.467. The number of nitrogens with one attached hydrogen (secondary N) is 1. The van der Waals surface area contributed by atoms with Crippen LogP contribution in [0.25, 0.3) is 0 Å². The average Bonchev–Trinajstić information content (AvgIpc) is 2.46. The molecule has 0 amide bonds. The van der Waals surface area contributed by atoms with Gasteiger partial charge in [-0.05, 0) is 30.3 Å². The smallest absolute Gasteiger partial charge is 0.311 e. The number of pyridine rings is 1. The van der Waals surface area contributed by atoms with E-state index < -0.39 is 4.92 Å². The van der Waals surface area contributed by atoms with Crippen molar-refractivity contribution < 1.29 is 9.66 Å². The first-order valence-corrected chi connectivity index (χ1v) is 6.68. The fourth-order valence-corrected chi connectivity index (χ4v) is 1.81. The number of benzene rings is 1. The van der Waals surface area contributed by atoms with Gasteiger partial charge in [0.15, 0.2) is 0 Å². The van der Waals surface area contributed by atoms with Crippen molar-refractivity contribution in [1.82, 2.24) is 4.98 Å². The summed E-state index contributed by atoms with van der Waals surface area (Å²) in [6.07, 6.45) is 1.50. The molecule has 0 saturated heterocycles. The van der Waals surface area contributed by atoms with Crippen LogP contribution in [0.5, 0.6) is 5.75 Å². The lowest BCUT2D eigenvalue weighted by molar-refractivity contribution is -0.384. The zero-order valence-corrected chi connectivity index (χ0v) is 12.0. The number of nitro groups is 1. The molecule has 0 unspecified atom stereocenters. The lowest BCUT2D eigenvalue weighted by atomic mass is 10.3. The van der Waals surface area contributed by atoms with E-state index >= 15 is 0 Å². The molecule has 2 rings (SSSR count). The quantitative estimate of drug-likeness (QED) is 0.497. The lowest BCUT2D eigenvalue weighted by Crippen LogP contribution is -2.13. The molecular formula is C13H12BrN3O3. The molecule has 6 nitrogen and oxygen atoms in total. The third kappa shape index (κ3) is 3.92. The summed E-state index contributed by atoms with van der Waals surface area (Å²) in [5.74, 6) is 0.988. The second-order valence-corrected chi connectivity index (χ2v) is 4.77. The maximum absolute atomic E-state index is 10.8. The summed E-state index contributed by atoms with van der Waals surface area (Å²) >= 11 is 3.34. The number of nitrogens with zero attached hydrogens (tertiary/aromatic N) is 2. The molecule has 0 aliphatic rings. The zero-order valence-electron chi connectivity index (χ0n) is 10.5. The van der Waals surface area contributed by atoms with Gasteiger partial charge in [-0.15, -0.1) is 0 Å². The van der Waals surface area contributed by atoms with Gasteiger partial charge in [-0.2, -0.15) is 0 Å². The van der Waals surface area contributed by atoms with Crippen LogP contribution in [0.1, 0.15) is 0 Å². The Bertz CT molecular complexity index is 590. The lowest BCUT2D eigenvalue weighted by Gasteiger charge is -2.08. The Morgan fingerprint density at radius 2 is 2.05 bits per heavy atom. The van der Waals surface area contributed by atoms with Crippen molar-refractivity contribution in [3.8, 4) is 5.75 Å². The predicted octanol–water partition coefficient (Wildman–Crippen LogP) is 3.24. The molecule has 0 aliphatic carbocycles. The molecular weight excluding hydrogens is 326 g/mol. The Morgan fingerprint density at radius 3 is 2.75 bits per heavy atom. The largest absolute Gasteiger partial charge is 0.492 e. The SMILES string of the molecule is O=[N+]([O-])c1cccnc1NCCOc1ccc(Br)cc1. The van der Waals surface area contributed by atoms with E-state index in [9.17, 15) is 10.1 Å². The van der Waals surface area contributed by atoms with E-state index in [1.165, 1.54) is 18.3 Å². The highest BCUT2D eigenvalue weighted by Crippen LogP contribution is 2.20. The van der Waals surface area contributed by atoms with Crippen molar-refractivity contribution >= 4 is 27.4 Å². The molecule has 2 aromatic rings. The van der Waals surface area contributed by atoms with Crippen molar-refractivity contribution in [3.63, 3.8) is 0 Å². The molecule has 0 atom stereocenters. The van der Waals surface area contributed by atoms with Gasteiger partial charge in [0.2, 0.25) is 5.82 Å². The molecule has 1 aromatic heterocycles.